The van der Waals surface area contributed by atoms with Crippen molar-refractivity contribution in [3.63, 3.8) is 0 Å². The zero-order chi connectivity index (χ0) is 13.2. The van der Waals surface area contributed by atoms with E-state index < -0.39 is 17.3 Å². The van der Waals surface area contributed by atoms with E-state index in [1.165, 1.54) is 5.57 Å². The van der Waals surface area contributed by atoms with Gasteiger partial charge in [0, 0.05) is 5.41 Å². The first-order valence-electron chi connectivity index (χ1n) is 6.19. The van der Waals surface area contributed by atoms with Gasteiger partial charge in [0.15, 0.2) is 0 Å². The van der Waals surface area contributed by atoms with Gasteiger partial charge in [0.25, 0.3) is 0 Å². The molecule has 2 rings (SSSR count). The van der Waals surface area contributed by atoms with Gasteiger partial charge in [-0.25, -0.2) is 0 Å². The van der Waals surface area contributed by atoms with E-state index in [1.54, 1.807) is 6.92 Å². The van der Waals surface area contributed by atoms with Crippen molar-refractivity contribution in [3.8, 4) is 0 Å². The second-order valence-electron chi connectivity index (χ2n) is 5.02. The third kappa shape index (κ3) is 2.10. The minimum Gasteiger partial charge on any atom is -0.481 e. The molecule has 0 saturated heterocycles. The maximum absolute atomic E-state index is 11.4. The third-order valence-electron chi connectivity index (χ3n) is 3.80. The van der Waals surface area contributed by atoms with E-state index in [0.29, 0.717) is 0 Å². The van der Waals surface area contributed by atoms with E-state index in [1.807, 2.05) is 42.5 Å². The van der Waals surface area contributed by atoms with Crippen molar-refractivity contribution in [1.82, 2.24) is 0 Å². The normalized spacial score (nSPS) is 24.4. The van der Waals surface area contributed by atoms with Gasteiger partial charge in [-0.05, 0) is 18.9 Å². The van der Waals surface area contributed by atoms with Crippen LogP contribution in [-0.2, 0) is 10.2 Å². The Labute approximate surface area is 108 Å². The summed E-state index contributed by atoms with van der Waals surface area (Å²) in [6.07, 6.45) is 6.83. The lowest BCUT2D eigenvalue weighted by molar-refractivity contribution is -0.143. The Kier molecular flexibility index (Phi) is 3.37. The minimum atomic E-state index is -0.752. The summed E-state index contributed by atoms with van der Waals surface area (Å²) in [6.45, 7) is 3.84. The Hall–Kier alpha value is -1.83. The van der Waals surface area contributed by atoms with Gasteiger partial charge in [-0.15, -0.1) is 0 Å². The number of carboxylic acids is 1. The fourth-order valence-electron chi connectivity index (χ4n) is 2.68. The molecule has 2 atom stereocenters. The average Bonchev–Trinajstić information content (AvgIpc) is 2.38. The van der Waals surface area contributed by atoms with Crippen molar-refractivity contribution < 1.29 is 9.90 Å². The van der Waals surface area contributed by atoms with E-state index in [-0.39, 0.29) is 0 Å². The van der Waals surface area contributed by atoms with Crippen molar-refractivity contribution >= 4 is 5.97 Å². The van der Waals surface area contributed by atoms with Crippen LogP contribution in [0.5, 0.6) is 0 Å². The Morgan fingerprint density at radius 3 is 2.56 bits per heavy atom. The van der Waals surface area contributed by atoms with E-state index in [4.69, 9.17) is 0 Å². The van der Waals surface area contributed by atoms with Crippen molar-refractivity contribution in [3.05, 3.63) is 59.7 Å². The van der Waals surface area contributed by atoms with E-state index >= 15 is 0 Å². The van der Waals surface area contributed by atoms with Crippen LogP contribution in [0.25, 0.3) is 0 Å². The van der Waals surface area contributed by atoms with E-state index in [9.17, 15) is 9.90 Å². The highest BCUT2D eigenvalue weighted by atomic mass is 16.4. The molecule has 1 aromatic rings. The monoisotopic (exact) mass is 242 g/mol. The Morgan fingerprint density at radius 1 is 1.33 bits per heavy atom. The number of hydrogen-bond donors (Lipinski definition) is 1. The summed E-state index contributed by atoms with van der Waals surface area (Å²) in [5, 5.41) is 9.39. The Morgan fingerprint density at radius 2 is 2.00 bits per heavy atom. The smallest absolute Gasteiger partial charge is 0.307 e. The lowest BCUT2D eigenvalue weighted by Gasteiger charge is -2.37. The number of aliphatic carboxylic acids is 1. The number of carboxylic acid groups (broad SMARTS) is 1. The van der Waals surface area contributed by atoms with Crippen LogP contribution >= 0.6 is 0 Å². The van der Waals surface area contributed by atoms with Gasteiger partial charge in [-0.1, -0.05) is 61.1 Å². The summed E-state index contributed by atoms with van der Waals surface area (Å²) in [5.74, 6) is -1.20. The first kappa shape index (κ1) is 12.6. The summed E-state index contributed by atoms with van der Waals surface area (Å²) in [7, 11) is 0. The van der Waals surface area contributed by atoms with Gasteiger partial charge in [0.1, 0.15) is 0 Å². The van der Waals surface area contributed by atoms with Gasteiger partial charge in [0.05, 0.1) is 5.92 Å². The highest BCUT2D eigenvalue weighted by Crippen LogP contribution is 2.41. The molecular formula is C16H18O2. The average molecular weight is 242 g/mol. The lowest BCUT2D eigenvalue weighted by atomic mass is 9.65. The van der Waals surface area contributed by atoms with Crippen LogP contribution < -0.4 is 0 Å². The van der Waals surface area contributed by atoms with Crippen molar-refractivity contribution in [2.75, 3.05) is 0 Å². The van der Waals surface area contributed by atoms with Crippen LogP contribution in [0.4, 0.5) is 0 Å². The summed E-state index contributed by atoms with van der Waals surface area (Å²) >= 11 is 0. The number of carbonyl (C=O) groups is 1. The van der Waals surface area contributed by atoms with Crippen molar-refractivity contribution in [2.45, 2.75) is 25.7 Å². The molecule has 2 unspecified atom stereocenters. The number of allylic oxidation sites excluding steroid dienone is 4. The molecule has 2 heteroatoms. The predicted molar refractivity (Wildman–Crippen MR) is 72.4 cm³/mol. The fourth-order valence-corrected chi connectivity index (χ4v) is 2.68. The Balaban J connectivity index is 2.52. The third-order valence-corrected chi connectivity index (χ3v) is 3.80. The van der Waals surface area contributed by atoms with Gasteiger partial charge in [0.2, 0.25) is 0 Å². The van der Waals surface area contributed by atoms with Gasteiger partial charge in [-0.2, -0.15) is 0 Å². The fraction of sp³-hybridized carbons (Fsp3) is 0.312. The second-order valence-corrected chi connectivity index (χ2v) is 5.02. The molecule has 0 radical (unpaired) electrons. The van der Waals surface area contributed by atoms with Gasteiger partial charge >= 0.3 is 5.97 Å². The minimum absolute atomic E-state index is 0.425. The summed E-state index contributed by atoms with van der Waals surface area (Å²) in [5.41, 5.74) is 1.87. The molecule has 18 heavy (non-hydrogen) atoms. The molecule has 1 aliphatic carbocycles. The van der Waals surface area contributed by atoms with E-state index in [2.05, 4.69) is 13.0 Å². The van der Waals surface area contributed by atoms with Gasteiger partial charge < -0.3 is 5.11 Å². The zero-order valence-corrected chi connectivity index (χ0v) is 10.8. The molecule has 0 aliphatic heterocycles. The molecule has 0 saturated carbocycles. The first-order valence-corrected chi connectivity index (χ1v) is 6.19. The quantitative estimate of drug-likeness (QED) is 0.880. The molecule has 0 fully saturated rings. The molecule has 0 heterocycles. The molecule has 0 bridgehead atoms. The number of rotatable bonds is 3. The Bertz CT molecular complexity index is 499. The SMILES string of the molecule is CC1=CC=CC(c2ccccc2)(C(C)C(=O)O)C1. The van der Waals surface area contributed by atoms with Crippen LogP contribution in [-0.4, -0.2) is 11.1 Å². The maximum atomic E-state index is 11.4. The van der Waals surface area contributed by atoms with Crippen LogP contribution in [0.15, 0.2) is 54.1 Å². The molecule has 0 amide bonds. The lowest BCUT2D eigenvalue weighted by Crippen LogP contribution is -2.37. The molecule has 0 spiro atoms. The highest BCUT2D eigenvalue weighted by Gasteiger charge is 2.40. The molecular weight excluding hydrogens is 224 g/mol. The van der Waals surface area contributed by atoms with E-state index in [0.717, 1.165) is 12.0 Å². The van der Waals surface area contributed by atoms with Crippen LogP contribution in [0.3, 0.4) is 0 Å². The van der Waals surface area contributed by atoms with Crippen molar-refractivity contribution in [1.29, 1.82) is 0 Å². The van der Waals surface area contributed by atoms with Crippen LogP contribution in [0.1, 0.15) is 25.8 Å². The number of benzene rings is 1. The summed E-state index contributed by atoms with van der Waals surface area (Å²) in [4.78, 5) is 11.4. The molecule has 94 valence electrons. The standard InChI is InChI=1S/C16H18O2/c1-12-7-6-10-16(11-12,13(2)15(17)18)14-8-4-3-5-9-14/h3-10,13H,11H2,1-2H3,(H,17,18). The maximum Gasteiger partial charge on any atom is 0.307 e. The topological polar surface area (TPSA) is 37.3 Å². The molecule has 1 aliphatic rings. The summed E-state index contributed by atoms with van der Waals surface area (Å²) in [6, 6.07) is 9.92. The molecule has 0 aromatic heterocycles. The first-order chi connectivity index (χ1) is 8.56. The second kappa shape index (κ2) is 4.81. The predicted octanol–water partition coefficient (Wildman–Crippen LogP) is 3.55. The highest BCUT2D eigenvalue weighted by molar-refractivity contribution is 5.73. The van der Waals surface area contributed by atoms with Crippen LogP contribution in [0, 0.1) is 5.92 Å². The number of hydrogen-bond acceptors (Lipinski definition) is 1. The molecule has 1 aromatic carbocycles. The van der Waals surface area contributed by atoms with Gasteiger partial charge in [-0.3, -0.25) is 4.79 Å². The van der Waals surface area contributed by atoms with Crippen LogP contribution in [0.2, 0.25) is 0 Å². The molecule has 1 N–H and O–H groups in total. The van der Waals surface area contributed by atoms with Crippen molar-refractivity contribution in [2.24, 2.45) is 5.92 Å². The molecule has 2 nitrogen and oxygen atoms in total. The summed E-state index contributed by atoms with van der Waals surface area (Å²) < 4.78 is 0. The largest absolute Gasteiger partial charge is 0.481 e. The zero-order valence-electron chi connectivity index (χ0n) is 10.8.